The Labute approximate surface area is 213 Å². The number of ether oxygens (including phenoxy) is 1. The monoisotopic (exact) mass is 536 g/mol. The summed E-state index contributed by atoms with van der Waals surface area (Å²) < 4.78 is 43.4. The second-order valence-corrected chi connectivity index (χ2v) is 12.3. The number of carbonyl (C=O) groups is 1. The molecule has 37 heavy (non-hydrogen) atoms. The maximum atomic E-state index is 14.6. The van der Waals surface area contributed by atoms with Gasteiger partial charge < -0.3 is 20.3 Å². The molecular weight excluding hydrogens is 507 g/mol. The van der Waals surface area contributed by atoms with Crippen molar-refractivity contribution in [2.24, 2.45) is 5.92 Å². The van der Waals surface area contributed by atoms with E-state index in [1.54, 1.807) is 4.90 Å². The predicted octanol–water partition coefficient (Wildman–Crippen LogP) is 3.87. The van der Waals surface area contributed by atoms with E-state index in [1.165, 1.54) is 12.1 Å². The Morgan fingerprint density at radius 1 is 1.24 bits per heavy atom. The van der Waals surface area contributed by atoms with Crippen LogP contribution in [0.5, 0.6) is 0 Å². The van der Waals surface area contributed by atoms with E-state index >= 15 is 0 Å². The fourth-order valence-electron chi connectivity index (χ4n) is 4.72. The first-order chi connectivity index (χ1) is 17.2. The number of sulfone groups is 1. The molecule has 2 aliphatic heterocycles. The van der Waals surface area contributed by atoms with E-state index in [2.05, 4.69) is 20.6 Å². The first-order valence-corrected chi connectivity index (χ1v) is 13.6. The van der Waals surface area contributed by atoms with Crippen molar-refractivity contribution in [3.05, 3.63) is 40.5 Å². The van der Waals surface area contributed by atoms with Crippen LogP contribution in [0.2, 0.25) is 0 Å². The zero-order chi connectivity index (χ0) is 27.1. The topological polar surface area (TPSA) is 157 Å². The van der Waals surface area contributed by atoms with Gasteiger partial charge in [0.15, 0.2) is 9.84 Å². The number of fused-ring (bicyclic) bond motifs is 3. The normalized spacial score (nSPS) is 21.4. The van der Waals surface area contributed by atoms with Gasteiger partial charge in [-0.2, -0.15) is 0 Å². The smallest absolute Gasteiger partial charge is 0.410 e. The van der Waals surface area contributed by atoms with Gasteiger partial charge in [-0.25, -0.2) is 27.6 Å². The molecule has 1 aromatic heterocycles. The summed E-state index contributed by atoms with van der Waals surface area (Å²) in [5.74, 6) is -1.15. The average molecular weight is 537 g/mol. The van der Waals surface area contributed by atoms with Crippen LogP contribution < -0.4 is 10.6 Å². The van der Waals surface area contributed by atoms with Gasteiger partial charge in [-0.1, -0.05) is 0 Å². The molecule has 2 bridgehead atoms. The van der Waals surface area contributed by atoms with Gasteiger partial charge in [0.2, 0.25) is 11.6 Å². The fourth-order valence-corrected chi connectivity index (χ4v) is 5.35. The Bertz CT molecular complexity index is 1330. The molecule has 1 amide bonds. The van der Waals surface area contributed by atoms with E-state index in [4.69, 9.17) is 4.74 Å². The van der Waals surface area contributed by atoms with Crippen LogP contribution in [-0.4, -0.2) is 64.8 Å². The van der Waals surface area contributed by atoms with Crippen LogP contribution in [0.4, 0.5) is 32.2 Å². The second kappa shape index (κ2) is 9.72. The number of hydrogen-bond acceptors (Lipinski definition) is 10. The standard InChI is InChI=1S/C23H29FN6O6S/c1-23(2,3)36-22(31)29-11-13-5-6-14(29)9-18(13)28-21-19(30(32)33)20(25-12-26-21)27-17-8-7-15(10-16(17)24)37(4,34)35/h7-8,10,12-14,18H,5-6,9,11H2,1-4H3,(H2,25,26,27,28). The van der Waals surface area contributed by atoms with Gasteiger partial charge in [0.25, 0.3) is 0 Å². The summed E-state index contributed by atoms with van der Waals surface area (Å²) in [5, 5.41) is 17.7. The lowest BCUT2D eigenvalue weighted by Crippen LogP contribution is -2.58. The summed E-state index contributed by atoms with van der Waals surface area (Å²) in [6.45, 7) is 5.88. The van der Waals surface area contributed by atoms with Crippen LogP contribution in [0.3, 0.4) is 0 Å². The van der Waals surface area contributed by atoms with Gasteiger partial charge in [0.05, 0.1) is 15.5 Å². The van der Waals surface area contributed by atoms with E-state index in [0.29, 0.717) is 13.0 Å². The molecule has 0 spiro atoms. The predicted molar refractivity (Wildman–Crippen MR) is 133 cm³/mol. The van der Waals surface area contributed by atoms with Gasteiger partial charge in [0.1, 0.15) is 17.7 Å². The summed E-state index contributed by atoms with van der Waals surface area (Å²) in [6, 6.07) is 2.96. The number of piperidine rings is 2. The Morgan fingerprint density at radius 3 is 2.51 bits per heavy atom. The summed E-state index contributed by atoms with van der Waals surface area (Å²) in [6.07, 6.45) is 3.91. The third-order valence-corrected chi connectivity index (χ3v) is 7.52. The Kier molecular flexibility index (Phi) is 6.97. The van der Waals surface area contributed by atoms with Crippen molar-refractivity contribution in [1.29, 1.82) is 0 Å². The number of benzene rings is 1. The highest BCUT2D eigenvalue weighted by molar-refractivity contribution is 7.90. The van der Waals surface area contributed by atoms with Gasteiger partial charge in [-0.05, 0) is 64.2 Å². The van der Waals surface area contributed by atoms with E-state index < -0.39 is 31.9 Å². The first-order valence-electron chi connectivity index (χ1n) is 11.7. The molecule has 14 heteroatoms. The number of rotatable bonds is 6. The maximum Gasteiger partial charge on any atom is 0.410 e. The van der Waals surface area contributed by atoms with Crippen molar-refractivity contribution >= 4 is 38.9 Å². The molecule has 12 nitrogen and oxygen atoms in total. The SMILES string of the molecule is CC(C)(C)OC(=O)N1CC2CCC1CC2Nc1ncnc(Nc2ccc(S(C)(=O)=O)cc2F)c1[N+](=O)[O-]. The molecule has 2 saturated heterocycles. The molecule has 1 aromatic carbocycles. The largest absolute Gasteiger partial charge is 0.444 e. The number of carbonyl (C=O) groups excluding carboxylic acids is 1. The zero-order valence-corrected chi connectivity index (χ0v) is 21.7. The molecule has 2 N–H and O–H groups in total. The molecule has 200 valence electrons. The van der Waals surface area contributed by atoms with E-state index in [9.17, 15) is 27.7 Å². The lowest BCUT2D eigenvalue weighted by atomic mass is 9.76. The summed E-state index contributed by atoms with van der Waals surface area (Å²) in [7, 11) is -3.63. The molecule has 3 fully saturated rings. The van der Waals surface area contributed by atoms with E-state index in [-0.39, 0.29) is 46.3 Å². The molecule has 1 saturated carbocycles. The van der Waals surface area contributed by atoms with Crippen molar-refractivity contribution in [3.8, 4) is 0 Å². The minimum Gasteiger partial charge on any atom is -0.444 e. The second-order valence-electron chi connectivity index (χ2n) is 10.3. The minimum absolute atomic E-state index is 0.0305. The Hall–Kier alpha value is -3.55. The van der Waals surface area contributed by atoms with Crippen molar-refractivity contribution in [2.45, 2.75) is 62.6 Å². The molecule has 1 aliphatic carbocycles. The Balaban J connectivity index is 1.54. The van der Waals surface area contributed by atoms with Crippen molar-refractivity contribution in [2.75, 3.05) is 23.4 Å². The van der Waals surface area contributed by atoms with Crippen molar-refractivity contribution in [1.82, 2.24) is 14.9 Å². The molecular formula is C23H29FN6O6S. The molecule has 3 unspecified atom stereocenters. The highest BCUT2D eigenvalue weighted by atomic mass is 32.2. The van der Waals surface area contributed by atoms with Crippen LogP contribution in [0.1, 0.15) is 40.0 Å². The van der Waals surface area contributed by atoms with Gasteiger partial charge in [-0.3, -0.25) is 10.1 Å². The highest BCUT2D eigenvalue weighted by Crippen LogP contribution is 2.40. The summed E-state index contributed by atoms with van der Waals surface area (Å²) in [5.41, 5.74) is -1.26. The molecule has 3 atom stereocenters. The minimum atomic E-state index is -3.63. The fraction of sp³-hybridized carbons (Fsp3) is 0.522. The number of nitrogens with one attached hydrogen (secondary N) is 2. The van der Waals surface area contributed by atoms with Crippen LogP contribution in [0.25, 0.3) is 0 Å². The number of nitro groups is 1. The van der Waals surface area contributed by atoms with Crippen molar-refractivity contribution in [3.63, 3.8) is 0 Å². The lowest BCUT2D eigenvalue weighted by molar-refractivity contribution is -0.383. The quantitative estimate of drug-likeness (QED) is 0.410. The Morgan fingerprint density at radius 2 is 1.95 bits per heavy atom. The molecule has 2 aromatic rings. The molecule has 0 radical (unpaired) electrons. The number of amides is 1. The van der Waals surface area contributed by atoms with E-state index in [1.807, 2.05) is 20.8 Å². The number of nitrogens with zero attached hydrogens (tertiary/aromatic N) is 4. The van der Waals surface area contributed by atoms with Crippen LogP contribution >= 0.6 is 0 Å². The summed E-state index contributed by atoms with van der Waals surface area (Å²) >= 11 is 0. The number of anilines is 3. The molecule has 3 heterocycles. The third kappa shape index (κ3) is 5.89. The maximum absolute atomic E-state index is 14.6. The van der Waals surface area contributed by atoms with Crippen LogP contribution in [0, 0.1) is 21.8 Å². The van der Waals surface area contributed by atoms with Gasteiger partial charge in [0, 0.05) is 24.9 Å². The summed E-state index contributed by atoms with van der Waals surface area (Å²) in [4.78, 5) is 33.4. The van der Waals surface area contributed by atoms with Crippen LogP contribution in [0.15, 0.2) is 29.4 Å². The zero-order valence-electron chi connectivity index (χ0n) is 20.9. The third-order valence-electron chi connectivity index (χ3n) is 6.41. The molecule has 5 rings (SSSR count). The first kappa shape index (κ1) is 26.5. The van der Waals surface area contributed by atoms with Crippen molar-refractivity contribution < 1.29 is 27.3 Å². The van der Waals surface area contributed by atoms with Gasteiger partial charge in [-0.15, -0.1) is 0 Å². The highest BCUT2D eigenvalue weighted by Gasteiger charge is 2.44. The molecule has 3 aliphatic rings. The number of halogens is 1. The van der Waals surface area contributed by atoms with E-state index in [0.717, 1.165) is 31.5 Å². The average Bonchev–Trinajstić information content (AvgIpc) is 2.79. The van der Waals surface area contributed by atoms with Gasteiger partial charge >= 0.3 is 11.8 Å². The van der Waals surface area contributed by atoms with Crippen LogP contribution in [-0.2, 0) is 14.6 Å². The number of hydrogen-bond donors (Lipinski definition) is 2. The lowest BCUT2D eigenvalue weighted by Gasteiger charge is -2.49. The number of aromatic nitrogens is 2.